The van der Waals surface area contributed by atoms with Gasteiger partial charge < -0.3 is 10.2 Å². The molecule has 4 aromatic rings. The third-order valence-corrected chi connectivity index (χ3v) is 10.6. The second kappa shape index (κ2) is 13.4. The van der Waals surface area contributed by atoms with E-state index in [0.29, 0.717) is 10.9 Å². The van der Waals surface area contributed by atoms with Gasteiger partial charge in [-0.15, -0.1) is 0 Å². The molecule has 0 atom stereocenters. The number of hydrogen-bond acceptors (Lipinski definition) is 6. The number of piperidine rings is 1. The maximum absolute atomic E-state index is 13.3. The summed E-state index contributed by atoms with van der Waals surface area (Å²) in [6.07, 6.45) is 6.60. The highest BCUT2D eigenvalue weighted by Gasteiger charge is 2.23. The van der Waals surface area contributed by atoms with Crippen molar-refractivity contribution in [3.05, 3.63) is 96.7 Å². The van der Waals surface area contributed by atoms with Crippen molar-refractivity contribution in [2.24, 2.45) is 0 Å². The van der Waals surface area contributed by atoms with Crippen molar-refractivity contribution >= 4 is 26.6 Å². The van der Waals surface area contributed by atoms with E-state index in [1.165, 1.54) is 48.3 Å². The Morgan fingerprint density at radius 2 is 1.43 bits per heavy atom. The molecule has 2 saturated heterocycles. The SMILES string of the molecule is O=S(=O)(c1ccccc1)n1ccc2c(N3CCN(CCCCNC4CCN(Cc5ccccc5)CC4)CC3)cccc21. The first-order valence-corrected chi connectivity index (χ1v) is 16.9. The van der Waals surface area contributed by atoms with E-state index in [0.717, 1.165) is 62.4 Å². The molecular weight excluding hydrogens is 542 g/mol. The summed E-state index contributed by atoms with van der Waals surface area (Å²) in [5.74, 6) is 0. The van der Waals surface area contributed by atoms with Crippen molar-refractivity contribution in [2.75, 3.05) is 57.3 Å². The largest absolute Gasteiger partial charge is 0.368 e. The van der Waals surface area contributed by atoms with Gasteiger partial charge in [-0.05, 0) is 87.8 Å². The van der Waals surface area contributed by atoms with Gasteiger partial charge in [0.2, 0.25) is 0 Å². The maximum Gasteiger partial charge on any atom is 0.268 e. The van der Waals surface area contributed by atoms with Crippen LogP contribution in [0.15, 0.2) is 96.0 Å². The first-order chi connectivity index (χ1) is 20.6. The highest BCUT2D eigenvalue weighted by atomic mass is 32.2. The first-order valence-electron chi connectivity index (χ1n) is 15.5. The van der Waals surface area contributed by atoms with Gasteiger partial charge in [0.25, 0.3) is 10.0 Å². The minimum Gasteiger partial charge on any atom is -0.368 e. The Kier molecular flexibility index (Phi) is 9.24. The lowest BCUT2D eigenvalue weighted by molar-refractivity contribution is 0.190. The molecule has 0 radical (unpaired) electrons. The summed E-state index contributed by atoms with van der Waals surface area (Å²) in [6.45, 7) is 9.65. The summed E-state index contributed by atoms with van der Waals surface area (Å²) >= 11 is 0. The van der Waals surface area contributed by atoms with Crippen molar-refractivity contribution in [1.29, 1.82) is 0 Å². The molecule has 6 rings (SSSR count). The van der Waals surface area contributed by atoms with Gasteiger partial charge in [-0.3, -0.25) is 9.80 Å². The molecular formula is C34H43N5O2S. The summed E-state index contributed by atoms with van der Waals surface area (Å²) in [4.78, 5) is 7.87. The van der Waals surface area contributed by atoms with Crippen molar-refractivity contribution in [3.8, 4) is 0 Å². The summed E-state index contributed by atoms with van der Waals surface area (Å²) < 4.78 is 28.0. The fourth-order valence-corrected chi connectivity index (χ4v) is 7.80. The molecule has 0 aliphatic carbocycles. The van der Waals surface area contributed by atoms with Crippen LogP contribution < -0.4 is 10.2 Å². The summed E-state index contributed by atoms with van der Waals surface area (Å²) in [5.41, 5.74) is 3.26. The van der Waals surface area contributed by atoms with Crippen molar-refractivity contribution < 1.29 is 8.42 Å². The summed E-state index contributed by atoms with van der Waals surface area (Å²) in [5, 5.41) is 4.80. The third kappa shape index (κ3) is 6.73. The van der Waals surface area contributed by atoms with Gasteiger partial charge in [-0.25, -0.2) is 12.4 Å². The summed E-state index contributed by atoms with van der Waals surface area (Å²) in [6, 6.07) is 28.0. The van der Waals surface area contributed by atoms with Crippen LogP contribution in [0.4, 0.5) is 5.69 Å². The van der Waals surface area contributed by atoms with E-state index in [2.05, 4.69) is 56.4 Å². The number of rotatable bonds is 11. The molecule has 1 N–H and O–H groups in total. The molecule has 2 aliphatic heterocycles. The number of piperazine rings is 1. The summed E-state index contributed by atoms with van der Waals surface area (Å²) in [7, 11) is -3.63. The van der Waals surface area contributed by atoms with Gasteiger partial charge in [0.1, 0.15) is 0 Å². The van der Waals surface area contributed by atoms with Crippen molar-refractivity contribution in [2.45, 2.75) is 43.2 Å². The molecule has 8 heteroatoms. The molecule has 0 spiro atoms. The van der Waals surface area contributed by atoms with Gasteiger partial charge in [0.05, 0.1) is 10.4 Å². The number of likely N-dealkylation sites (tertiary alicyclic amines) is 1. The number of anilines is 1. The monoisotopic (exact) mass is 585 g/mol. The zero-order valence-electron chi connectivity index (χ0n) is 24.4. The normalized spacial score (nSPS) is 17.7. The van der Waals surface area contributed by atoms with Crippen LogP contribution in [0.25, 0.3) is 10.9 Å². The number of nitrogens with zero attached hydrogens (tertiary/aromatic N) is 4. The lowest BCUT2D eigenvalue weighted by atomic mass is 10.0. The average Bonchev–Trinajstić information content (AvgIpc) is 3.49. The third-order valence-electron chi connectivity index (χ3n) is 8.86. The van der Waals surface area contributed by atoms with Crippen LogP contribution in [0.3, 0.4) is 0 Å². The number of nitrogens with one attached hydrogen (secondary N) is 1. The molecule has 2 aliphatic rings. The van der Waals surface area contributed by atoms with E-state index in [-0.39, 0.29) is 0 Å². The van der Waals surface area contributed by atoms with Crippen LogP contribution in [-0.4, -0.2) is 80.6 Å². The lowest BCUT2D eigenvalue weighted by Crippen LogP contribution is -2.46. The van der Waals surface area contributed by atoms with Crippen molar-refractivity contribution in [1.82, 2.24) is 19.1 Å². The van der Waals surface area contributed by atoms with Gasteiger partial charge in [-0.1, -0.05) is 54.6 Å². The van der Waals surface area contributed by atoms with E-state index in [1.807, 2.05) is 24.3 Å². The minimum absolute atomic E-state index is 0.306. The van der Waals surface area contributed by atoms with Crippen LogP contribution in [-0.2, 0) is 16.6 Å². The quantitative estimate of drug-likeness (QED) is 0.249. The van der Waals surface area contributed by atoms with Crippen LogP contribution in [0.1, 0.15) is 31.2 Å². The molecule has 3 heterocycles. The predicted molar refractivity (Wildman–Crippen MR) is 172 cm³/mol. The zero-order valence-corrected chi connectivity index (χ0v) is 25.3. The van der Waals surface area contributed by atoms with Gasteiger partial charge in [0, 0.05) is 56.0 Å². The Hall–Kier alpha value is -3.17. The molecule has 222 valence electrons. The maximum atomic E-state index is 13.3. The number of hydrogen-bond donors (Lipinski definition) is 1. The fraction of sp³-hybridized carbons (Fsp3) is 0.412. The molecule has 2 fully saturated rings. The first kappa shape index (κ1) is 28.9. The van der Waals surface area contributed by atoms with Gasteiger partial charge in [0.15, 0.2) is 0 Å². The second-order valence-corrected chi connectivity index (χ2v) is 13.5. The smallest absolute Gasteiger partial charge is 0.268 e. The Balaban J connectivity index is 0.926. The number of fused-ring (bicyclic) bond motifs is 1. The Bertz CT molecular complexity index is 1520. The van der Waals surface area contributed by atoms with Crippen molar-refractivity contribution in [3.63, 3.8) is 0 Å². The average molecular weight is 586 g/mol. The molecule has 7 nitrogen and oxygen atoms in total. The molecule has 0 bridgehead atoms. The van der Waals surface area contributed by atoms with Crippen LogP contribution in [0, 0.1) is 0 Å². The number of aromatic nitrogens is 1. The molecule has 0 unspecified atom stereocenters. The lowest BCUT2D eigenvalue weighted by Gasteiger charge is -2.36. The Morgan fingerprint density at radius 1 is 0.714 bits per heavy atom. The highest BCUT2D eigenvalue weighted by molar-refractivity contribution is 7.90. The van der Waals surface area contributed by atoms with E-state index in [9.17, 15) is 8.42 Å². The standard InChI is InChI=1S/C34H43N5O2S/c40-42(41,31-12-5-2-6-13-31)39-23-18-32-33(14-9-15-34(32)39)38-26-24-36(25-27-38)20-8-7-19-35-30-16-21-37(22-17-30)28-29-10-3-1-4-11-29/h1-6,9-15,18,23,30,35H,7-8,16-17,19-22,24-28H2. The highest BCUT2D eigenvalue weighted by Crippen LogP contribution is 2.31. The predicted octanol–water partition coefficient (Wildman–Crippen LogP) is 5.03. The van der Waals surface area contributed by atoms with E-state index in [1.54, 1.807) is 30.5 Å². The van der Waals surface area contributed by atoms with Crippen LogP contribution >= 0.6 is 0 Å². The Morgan fingerprint density at radius 3 is 2.17 bits per heavy atom. The number of unbranched alkanes of at least 4 members (excludes halogenated alkanes) is 1. The molecule has 3 aromatic carbocycles. The minimum atomic E-state index is -3.63. The molecule has 0 amide bonds. The number of benzene rings is 3. The molecule has 1 aromatic heterocycles. The Labute approximate surface area is 250 Å². The second-order valence-electron chi connectivity index (χ2n) is 11.7. The molecule has 0 saturated carbocycles. The fourth-order valence-electron chi connectivity index (χ4n) is 6.43. The van der Waals surface area contributed by atoms with Gasteiger partial charge >= 0.3 is 0 Å². The van der Waals surface area contributed by atoms with Gasteiger partial charge in [-0.2, -0.15) is 0 Å². The van der Waals surface area contributed by atoms with Crippen LogP contribution in [0.5, 0.6) is 0 Å². The van der Waals surface area contributed by atoms with E-state index < -0.39 is 10.0 Å². The zero-order chi connectivity index (χ0) is 28.8. The topological polar surface area (TPSA) is 60.8 Å². The van der Waals surface area contributed by atoms with E-state index in [4.69, 9.17) is 0 Å². The van der Waals surface area contributed by atoms with E-state index >= 15 is 0 Å². The molecule has 42 heavy (non-hydrogen) atoms. The van der Waals surface area contributed by atoms with Crippen LogP contribution in [0.2, 0.25) is 0 Å².